The van der Waals surface area contributed by atoms with Gasteiger partial charge in [0.2, 0.25) is 11.9 Å². The first-order valence-electron chi connectivity index (χ1n) is 65.1. The van der Waals surface area contributed by atoms with Gasteiger partial charge in [0, 0.05) is 43.8 Å². The summed E-state index contributed by atoms with van der Waals surface area (Å²) in [7, 11) is -16.6. The van der Waals surface area contributed by atoms with Crippen molar-refractivity contribution in [3.8, 4) is 57.4 Å². The van der Waals surface area contributed by atoms with Gasteiger partial charge in [-0.2, -0.15) is 15.0 Å². The molecule has 8 nitrogen and oxygen atoms in total. The van der Waals surface area contributed by atoms with Crippen LogP contribution < -0.4 is 62.2 Å². The first-order valence-corrected chi connectivity index (χ1v) is 42.1. The SMILES string of the molecule is [2H]c1c([2H])c([2H])c(-c2nc(-c3c([2H])c([2H])c([2H])c([Si](c4c([2H])c([2H])c([2H])c([2H])c4[2H])(c4c([2H])c([2H])c([2H])c([2H])c4[2H])c4c([2H])c([2H])c([2H])c([2H])c4[2H])c3[2H])nc(-c3c([2H])c([2H])c([2H])c([Si](c4c([2H])c([2H])c([2H])c([2H])c4[2H])(c4c([2H])c([2H])c([2H])c([2H])c4[2H])c4c([2H])c([2H])c(C)c([2H])c4[2H])c3[2H])n2)c([2H])c1[2H].[2H]c1c([2H])c([2H])c2c(c1[2H])c1c([2H])c([2H])c([2H])c([2H])c1n2-c1nc(-c2cccc([Si](c3ccccc3)(c3ccccc3)c3ccccc3)c2)nc(-n2c3c([2H])c([2H])c([2H])c([2H])c3c3c([2H])c([2H])c([2H])c([2H])c32)n1. The molecule has 17 aromatic carbocycles. The van der Waals surface area contributed by atoms with Crippen molar-refractivity contribution in [1.82, 2.24) is 39.0 Å². The van der Waals surface area contributed by atoms with Gasteiger partial charge < -0.3 is 0 Å². The van der Waals surface area contributed by atoms with Gasteiger partial charge in [-0.1, -0.05) is 447 Å². The zero-order valence-corrected chi connectivity index (χ0v) is 64.5. The molecule has 0 amide bonds. The van der Waals surface area contributed by atoms with Crippen LogP contribution in [0.4, 0.5) is 0 Å². The predicted octanol–water partition coefficient (Wildman–Crippen LogP) is 17.0. The van der Waals surface area contributed by atoms with Crippen LogP contribution in [0.5, 0.6) is 0 Å². The highest BCUT2D eigenvalue weighted by Crippen LogP contribution is 2.36. The van der Waals surface area contributed by atoms with Crippen LogP contribution in [0.1, 0.15) is 85.1 Å². The summed E-state index contributed by atoms with van der Waals surface area (Å²) in [4.78, 5) is 27.8. The Hall–Kier alpha value is -15.0. The minimum Gasteiger partial charge on any atom is -0.278 e. The quantitative estimate of drug-likeness (QED) is 0.0628. The Morgan fingerprint density at radius 3 is 0.842 bits per heavy atom. The Labute approximate surface area is 782 Å². The Balaban J connectivity index is 0.000000221. The predicted molar refractivity (Wildman–Crippen MR) is 506 cm³/mol. The number of fused-ring (bicyclic) bond motifs is 6. The summed E-state index contributed by atoms with van der Waals surface area (Å²) in [5, 5.41) is -7.62. The molecule has 0 spiro atoms. The minimum absolute atomic E-state index is 0.132. The summed E-state index contributed by atoms with van der Waals surface area (Å²) in [6, 6.07) is -28.8. The normalized spacial score (nSPS) is 18.5. The van der Waals surface area contributed by atoms with Crippen molar-refractivity contribution < 1.29 is 79.5 Å². The van der Waals surface area contributed by atoms with Crippen LogP contribution in [0.15, 0.2) is 466 Å². The Morgan fingerprint density at radius 2 is 0.483 bits per heavy atom. The topological polar surface area (TPSA) is 87.2 Å². The monoisotopic (exact) mass is 1640 g/mol. The third kappa shape index (κ3) is 13.2. The van der Waals surface area contributed by atoms with Gasteiger partial charge in [-0.15, -0.1) is 0 Å². The summed E-state index contributed by atoms with van der Waals surface area (Å²) in [6.45, 7) is 1.08. The lowest BCUT2D eigenvalue weighted by molar-refractivity contribution is 0.893. The number of hydrogen-bond donors (Lipinski definition) is 0. The lowest BCUT2D eigenvalue weighted by atomic mass is 10.1. The average molecular weight is 1640 g/mol. The van der Waals surface area contributed by atoms with Crippen molar-refractivity contribution in [3.63, 3.8) is 0 Å². The number of aromatic nitrogens is 8. The lowest BCUT2D eigenvalue weighted by Gasteiger charge is -2.34. The Morgan fingerprint density at radius 1 is 0.208 bits per heavy atom. The van der Waals surface area contributed by atoms with E-state index in [-0.39, 0.29) is 49.4 Å². The molecule has 4 heterocycles. The zero-order valence-electron chi connectivity index (χ0n) is 120. The largest absolute Gasteiger partial charge is 0.278 e. The fourth-order valence-corrected chi connectivity index (χ4v) is 26.4. The number of benzene rings is 17. The summed E-state index contributed by atoms with van der Waals surface area (Å²) >= 11 is 0. The van der Waals surface area contributed by atoms with Crippen molar-refractivity contribution in [1.29, 1.82) is 0 Å². The summed E-state index contributed by atoms with van der Waals surface area (Å²) < 4.78 is 537. The second-order valence-electron chi connectivity index (χ2n) is 26.1. The summed E-state index contributed by atoms with van der Waals surface area (Å²) in [5.41, 5.74) is -5.27. The van der Waals surface area contributed by atoms with Gasteiger partial charge in [0.25, 0.3) is 0 Å². The van der Waals surface area contributed by atoms with Crippen molar-refractivity contribution >= 4 is 130 Å². The highest BCUT2D eigenvalue weighted by Gasteiger charge is 2.45. The van der Waals surface area contributed by atoms with Gasteiger partial charge in [-0.05, 0) is 93.3 Å². The van der Waals surface area contributed by atoms with Gasteiger partial charge in [-0.3, -0.25) is 9.13 Å². The van der Waals surface area contributed by atoms with E-state index in [1.165, 1.54) is 0 Å². The van der Waals surface area contributed by atoms with Gasteiger partial charge in [0.1, 0.15) is 0 Å². The van der Waals surface area contributed by atoms with Crippen LogP contribution in [0.25, 0.3) is 101 Å². The van der Waals surface area contributed by atoms with E-state index in [0.717, 1.165) is 36.8 Å². The first-order chi connectivity index (χ1) is 83.5. The molecular weight excluding hydrogens is 1510 g/mol. The van der Waals surface area contributed by atoms with E-state index in [1.807, 2.05) is 72.8 Å². The molecule has 120 heavy (non-hydrogen) atoms. The van der Waals surface area contributed by atoms with E-state index in [1.54, 1.807) is 6.07 Å². The van der Waals surface area contributed by atoms with Gasteiger partial charge in [-0.25, -0.2) is 15.0 Å². The Kier molecular flexibility index (Phi) is 9.21. The molecule has 0 unspecified atom stereocenters. The Bertz CT molecular complexity index is 9740. The molecule has 0 aliphatic heterocycles. The second kappa shape index (κ2) is 32.2. The molecule has 21 rings (SSSR count). The van der Waals surface area contributed by atoms with Crippen LogP contribution in [0, 0.1) is 6.92 Å². The molecule has 0 N–H and O–H groups in total. The molecular formula is C109H80N8Si3. The number of hydrogen-bond acceptors (Lipinski definition) is 6. The molecule has 568 valence electrons. The minimum atomic E-state index is -6.72. The standard InChI is InChI=1S/C58H45N3Si2.C51H35N5Si/c1-44-38-40-53(41-39-44)63(51-32-16-6-17-33-51,52-34-18-7-19-35-52)55-37-21-25-47(43-55)58-60-56(45-22-8-2-9-23-45)59-57(61-58)46-24-20-36-54(42-46)62(48-26-10-3-11-27-48,49-28-12-4-13-29-49)50-30-14-5-15-31-50;1-4-20-37(21-5-1)57(38-22-6-2-7-23-38,39-24-8-3-9-25-39)40-26-18-19-36(35-40)49-52-50(55-45-31-14-10-27-41(45)42-28-11-15-32-46(42)55)54-51(53-49)56-47-33-16-12-29-43(47)44-30-13-17-34-48(44)56/h2-43H,1H3;1-35H/i2D,3D,4D,5D,6D,7D,8D,9D,10D,11D,12D,13D,14D,15D,16D,17D,18D,19D,20D,21D,22D,23D,24D,25D,26D,27D,28D,29D,30D,31D,32D,33D,34D,35D,36D,37D,38D,39D,40D,41D,42D,43D;10D,11D,12D,13D,14D,15D,16D,17D,27D,28D,29D,30D,31D,32D,33D,34D. The molecule has 0 atom stereocenters. The van der Waals surface area contributed by atoms with Crippen molar-refractivity contribution in [2.24, 2.45) is 0 Å². The maximum absolute atomic E-state index is 10.6. The van der Waals surface area contributed by atoms with Crippen LogP contribution >= 0.6 is 0 Å². The molecule has 0 radical (unpaired) electrons. The smallest absolute Gasteiger partial charge is 0.240 e. The number of nitrogens with zero attached hydrogens (tertiary/aromatic N) is 8. The molecule has 0 bridgehead atoms. The maximum Gasteiger partial charge on any atom is 0.240 e. The second-order valence-corrected chi connectivity index (χ2v) is 36.9. The maximum atomic E-state index is 10.6. The highest BCUT2D eigenvalue weighted by molar-refractivity contribution is 7.21. The van der Waals surface area contributed by atoms with E-state index >= 15 is 0 Å². The summed E-state index contributed by atoms with van der Waals surface area (Å²) in [5.74, 6) is -5.17. The van der Waals surface area contributed by atoms with E-state index in [2.05, 4.69) is 51.4 Å². The van der Waals surface area contributed by atoms with Crippen LogP contribution in [0.3, 0.4) is 0 Å². The summed E-state index contributed by atoms with van der Waals surface area (Å²) in [6.07, 6.45) is 0. The molecule has 0 fully saturated rings. The van der Waals surface area contributed by atoms with Crippen molar-refractivity contribution in [3.05, 3.63) is 471 Å². The molecule has 21 aromatic rings. The van der Waals surface area contributed by atoms with Crippen LogP contribution in [-0.4, -0.2) is 63.3 Å². The third-order valence-electron chi connectivity index (χ3n) is 19.6. The lowest BCUT2D eigenvalue weighted by Crippen LogP contribution is -2.74. The fraction of sp³-hybridized carbons (Fsp3) is 0.00917. The molecule has 4 aromatic heterocycles. The molecule has 0 aliphatic carbocycles. The van der Waals surface area contributed by atoms with E-state index in [4.69, 9.17) is 56.1 Å². The molecule has 0 aliphatic rings. The van der Waals surface area contributed by atoms with Gasteiger partial charge >= 0.3 is 0 Å². The van der Waals surface area contributed by atoms with Gasteiger partial charge in [0.05, 0.1) is 102 Å². The van der Waals surface area contributed by atoms with E-state index in [9.17, 15) is 38.4 Å². The van der Waals surface area contributed by atoms with E-state index < -0.39 is 468 Å². The average Bonchev–Trinajstić information content (AvgIpc) is 0.779. The fourth-order valence-electron chi connectivity index (χ4n) is 14.5. The van der Waals surface area contributed by atoms with Crippen molar-refractivity contribution in [2.45, 2.75) is 6.92 Å². The third-order valence-corrected chi connectivity index (χ3v) is 32.3. The molecule has 0 saturated carbocycles. The van der Waals surface area contributed by atoms with Crippen LogP contribution in [0.2, 0.25) is 0 Å². The number of rotatable bonds is 18. The highest BCUT2D eigenvalue weighted by atomic mass is 28.3. The zero-order chi connectivity index (χ0) is 131. The first kappa shape index (κ1) is 34.3. The van der Waals surface area contributed by atoms with Crippen LogP contribution in [-0.2, 0) is 0 Å². The molecule has 11 heteroatoms. The number of para-hydroxylation sites is 4. The van der Waals surface area contributed by atoms with Gasteiger partial charge in [0.15, 0.2) is 47.5 Å². The molecule has 0 saturated heterocycles. The van der Waals surface area contributed by atoms with E-state index in [0.29, 0.717) is 5.56 Å². The van der Waals surface area contributed by atoms with Crippen molar-refractivity contribution in [2.75, 3.05) is 0 Å².